The van der Waals surface area contributed by atoms with Crippen LogP contribution < -0.4 is 5.32 Å². The smallest absolute Gasteiger partial charge is 0.251 e. The Morgan fingerprint density at radius 3 is 2.48 bits per heavy atom. The zero-order valence-corrected chi connectivity index (χ0v) is 14.4. The van der Waals surface area contributed by atoms with Crippen LogP contribution in [0.4, 0.5) is 0 Å². The monoisotopic (exact) mass is 340 g/mol. The Morgan fingerprint density at radius 1 is 1.16 bits per heavy atom. The number of nitrogens with one attached hydrogen (secondary N) is 1. The normalized spacial score (nSPS) is 12.3. The molecular formula is C17H20N6O2. The molecule has 1 unspecified atom stereocenters. The molecule has 130 valence electrons. The third kappa shape index (κ3) is 4.09. The van der Waals surface area contributed by atoms with E-state index in [0.29, 0.717) is 23.2 Å². The number of hydrogen-bond acceptors (Lipinski definition) is 6. The van der Waals surface area contributed by atoms with E-state index in [1.54, 1.807) is 29.4 Å². The van der Waals surface area contributed by atoms with Gasteiger partial charge in [0, 0.05) is 17.7 Å². The first-order valence-corrected chi connectivity index (χ1v) is 8.11. The summed E-state index contributed by atoms with van der Waals surface area (Å²) in [4.78, 5) is 16.7. The van der Waals surface area contributed by atoms with E-state index in [1.165, 1.54) is 0 Å². The van der Waals surface area contributed by atoms with Crippen molar-refractivity contribution in [3.8, 4) is 5.69 Å². The number of hydrogen-bond donors (Lipinski definition) is 1. The molecule has 2 aromatic heterocycles. The van der Waals surface area contributed by atoms with Crippen molar-refractivity contribution in [1.29, 1.82) is 0 Å². The molecule has 0 fully saturated rings. The van der Waals surface area contributed by atoms with Crippen molar-refractivity contribution in [2.75, 3.05) is 0 Å². The topological polar surface area (TPSA) is 98.7 Å². The van der Waals surface area contributed by atoms with E-state index < -0.39 is 0 Å². The second kappa shape index (κ2) is 7.25. The lowest BCUT2D eigenvalue weighted by Gasteiger charge is -2.10. The summed E-state index contributed by atoms with van der Waals surface area (Å²) in [5, 5.41) is 14.3. The number of carbonyl (C=O) groups excluding carboxylic acids is 1. The molecule has 2 heterocycles. The van der Waals surface area contributed by atoms with Gasteiger partial charge in [0.15, 0.2) is 5.82 Å². The van der Waals surface area contributed by atoms with Gasteiger partial charge in [0.05, 0.1) is 0 Å². The third-order valence-electron chi connectivity index (χ3n) is 3.64. The van der Waals surface area contributed by atoms with Crippen LogP contribution in [0, 0.1) is 5.92 Å². The Labute approximate surface area is 145 Å². The number of benzene rings is 1. The zero-order valence-electron chi connectivity index (χ0n) is 14.4. The van der Waals surface area contributed by atoms with Crippen LogP contribution in [0.3, 0.4) is 0 Å². The highest BCUT2D eigenvalue weighted by Gasteiger charge is 2.18. The van der Waals surface area contributed by atoms with Crippen LogP contribution in [0.2, 0.25) is 0 Å². The maximum absolute atomic E-state index is 12.4. The molecule has 8 nitrogen and oxygen atoms in total. The van der Waals surface area contributed by atoms with Gasteiger partial charge in [0.1, 0.15) is 18.7 Å². The van der Waals surface area contributed by atoms with Crippen molar-refractivity contribution in [3.63, 3.8) is 0 Å². The molecule has 0 saturated carbocycles. The van der Waals surface area contributed by atoms with Crippen molar-refractivity contribution < 1.29 is 9.32 Å². The van der Waals surface area contributed by atoms with E-state index in [2.05, 4.69) is 39.5 Å². The van der Waals surface area contributed by atoms with Gasteiger partial charge in [0.25, 0.3) is 5.91 Å². The highest BCUT2D eigenvalue weighted by molar-refractivity contribution is 5.94. The van der Waals surface area contributed by atoms with Crippen molar-refractivity contribution >= 4 is 5.91 Å². The maximum atomic E-state index is 12.4. The second-order valence-corrected chi connectivity index (χ2v) is 6.26. The molecule has 0 saturated heterocycles. The van der Waals surface area contributed by atoms with Gasteiger partial charge in [-0.25, -0.2) is 0 Å². The Hall–Kier alpha value is -3.03. The molecule has 0 radical (unpaired) electrons. The maximum Gasteiger partial charge on any atom is 0.251 e. The summed E-state index contributed by atoms with van der Waals surface area (Å²) >= 11 is 0. The van der Waals surface area contributed by atoms with Crippen LogP contribution >= 0.6 is 0 Å². The van der Waals surface area contributed by atoms with Gasteiger partial charge < -0.3 is 9.84 Å². The van der Waals surface area contributed by atoms with Gasteiger partial charge in [-0.3, -0.25) is 9.36 Å². The predicted octanol–water partition coefficient (Wildman–Crippen LogP) is 2.34. The number of aromatic nitrogens is 5. The molecule has 0 aliphatic carbocycles. The van der Waals surface area contributed by atoms with Crippen molar-refractivity contribution in [3.05, 3.63) is 54.2 Å². The standard InChI is InChI=1S/C17H20N6O2/c1-11(2)8-15-21-17(25-22-15)12(3)20-16(24)13-4-6-14(7-5-13)23-9-18-19-10-23/h4-7,9-12H,8H2,1-3H3,(H,20,24). The lowest BCUT2D eigenvalue weighted by molar-refractivity contribution is 0.0932. The molecule has 0 bridgehead atoms. The third-order valence-corrected chi connectivity index (χ3v) is 3.64. The molecule has 25 heavy (non-hydrogen) atoms. The van der Waals surface area contributed by atoms with Crippen LogP contribution in [0.25, 0.3) is 5.69 Å². The number of rotatable bonds is 6. The first-order valence-electron chi connectivity index (χ1n) is 8.11. The Kier molecular flexibility index (Phi) is 4.87. The molecule has 3 aromatic rings. The average molecular weight is 340 g/mol. The van der Waals surface area contributed by atoms with Crippen LogP contribution in [-0.4, -0.2) is 30.8 Å². The first-order chi connectivity index (χ1) is 12.0. The van der Waals surface area contributed by atoms with Gasteiger partial charge in [0.2, 0.25) is 5.89 Å². The van der Waals surface area contributed by atoms with Gasteiger partial charge in [-0.2, -0.15) is 4.98 Å². The Bertz CT molecular complexity index is 823. The highest BCUT2D eigenvalue weighted by Crippen LogP contribution is 2.14. The number of carbonyl (C=O) groups is 1. The summed E-state index contributed by atoms with van der Waals surface area (Å²) in [5.74, 6) is 1.31. The summed E-state index contributed by atoms with van der Waals surface area (Å²) in [6.07, 6.45) is 3.94. The molecule has 1 aromatic carbocycles. The molecule has 1 atom stereocenters. The summed E-state index contributed by atoms with van der Waals surface area (Å²) in [6, 6.07) is 6.79. The van der Waals surface area contributed by atoms with Crippen molar-refractivity contribution in [1.82, 2.24) is 30.2 Å². The minimum atomic E-state index is -0.363. The number of nitrogens with zero attached hydrogens (tertiary/aromatic N) is 5. The van der Waals surface area contributed by atoms with Gasteiger partial charge in [-0.15, -0.1) is 10.2 Å². The largest absolute Gasteiger partial charge is 0.341 e. The molecule has 0 aliphatic rings. The molecule has 0 aliphatic heterocycles. The van der Waals surface area contributed by atoms with Crippen LogP contribution in [-0.2, 0) is 6.42 Å². The summed E-state index contributed by atoms with van der Waals surface area (Å²) in [5.41, 5.74) is 1.43. The summed E-state index contributed by atoms with van der Waals surface area (Å²) < 4.78 is 7.00. The van der Waals surface area contributed by atoms with Crippen molar-refractivity contribution in [2.24, 2.45) is 5.92 Å². The molecule has 1 N–H and O–H groups in total. The predicted molar refractivity (Wildman–Crippen MR) is 90.1 cm³/mol. The highest BCUT2D eigenvalue weighted by atomic mass is 16.5. The van der Waals surface area contributed by atoms with E-state index >= 15 is 0 Å². The summed E-state index contributed by atoms with van der Waals surface area (Å²) in [7, 11) is 0. The second-order valence-electron chi connectivity index (χ2n) is 6.26. The molecule has 1 amide bonds. The molecular weight excluding hydrogens is 320 g/mol. The van der Waals surface area contributed by atoms with Crippen LogP contribution in [0.15, 0.2) is 41.4 Å². The fraction of sp³-hybridized carbons (Fsp3) is 0.353. The van der Waals surface area contributed by atoms with E-state index in [0.717, 1.165) is 12.1 Å². The fourth-order valence-corrected chi connectivity index (χ4v) is 2.35. The van der Waals surface area contributed by atoms with Crippen LogP contribution in [0.5, 0.6) is 0 Å². The van der Waals surface area contributed by atoms with Crippen LogP contribution in [0.1, 0.15) is 48.9 Å². The quantitative estimate of drug-likeness (QED) is 0.739. The van der Waals surface area contributed by atoms with Gasteiger partial charge in [-0.05, 0) is 37.1 Å². The summed E-state index contributed by atoms with van der Waals surface area (Å²) in [6.45, 7) is 5.99. The Balaban J connectivity index is 1.64. The fourth-order valence-electron chi connectivity index (χ4n) is 2.35. The minimum absolute atomic E-state index is 0.202. The minimum Gasteiger partial charge on any atom is -0.341 e. The lowest BCUT2D eigenvalue weighted by atomic mass is 10.1. The van der Waals surface area contributed by atoms with E-state index in [4.69, 9.17) is 4.52 Å². The average Bonchev–Trinajstić information content (AvgIpc) is 3.26. The SMILES string of the molecule is CC(C)Cc1noc(C(C)NC(=O)c2ccc(-n3cnnc3)cc2)n1. The number of amides is 1. The van der Waals surface area contributed by atoms with E-state index in [1.807, 2.05) is 19.1 Å². The lowest BCUT2D eigenvalue weighted by Crippen LogP contribution is -2.26. The van der Waals surface area contributed by atoms with Crippen molar-refractivity contribution in [2.45, 2.75) is 33.2 Å². The molecule has 3 rings (SSSR count). The van der Waals surface area contributed by atoms with Gasteiger partial charge >= 0.3 is 0 Å². The van der Waals surface area contributed by atoms with E-state index in [9.17, 15) is 4.79 Å². The molecule has 0 spiro atoms. The van der Waals surface area contributed by atoms with Gasteiger partial charge in [-0.1, -0.05) is 19.0 Å². The zero-order chi connectivity index (χ0) is 17.8. The first kappa shape index (κ1) is 16.8. The Morgan fingerprint density at radius 2 is 1.84 bits per heavy atom. The van der Waals surface area contributed by atoms with E-state index in [-0.39, 0.29) is 11.9 Å². The molecule has 8 heteroatoms.